The summed E-state index contributed by atoms with van der Waals surface area (Å²) in [4.78, 5) is 28.4. The lowest BCUT2D eigenvalue weighted by molar-refractivity contribution is -0.139. The van der Waals surface area contributed by atoms with Crippen molar-refractivity contribution in [3.05, 3.63) is 53.6 Å². The molecule has 200 valence electrons. The number of aryl methyl sites for hydroxylation is 1. The van der Waals surface area contributed by atoms with Gasteiger partial charge in [0.15, 0.2) is 11.5 Å². The van der Waals surface area contributed by atoms with Crippen molar-refractivity contribution >= 4 is 27.5 Å². The Morgan fingerprint density at radius 2 is 1.78 bits per heavy atom. The fourth-order valence-corrected chi connectivity index (χ4v) is 5.65. The highest BCUT2D eigenvalue weighted by Crippen LogP contribution is 2.36. The highest BCUT2D eigenvalue weighted by atomic mass is 32.2. The maximum atomic E-state index is 13.7. The van der Waals surface area contributed by atoms with E-state index in [0.717, 1.165) is 47.4 Å². The molecule has 0 unspecified atom stereocenters. The molecule has 1 N–H and O–H groups in total. The number of nitrogens with one attached hydrogen (secondary N) is 1. The second-order valence-electron chi connectivity index (χ2n) is 9.84. The minimum atomic E-state index is -3.82. The molecule has 37 heavy (non-hydrogen) atoms. The normalized spacial score (nSPS) is 16.2. The van der Waals surface area contributed by atoms with E-state index in [9.17, 15) is 18.0 Å². The number of sulfonamides is 1. The number of amides is 2. The van der Waals surface area contributed by atoms with Gasteiger partial charge in [0.2, 0.25) is 28.6 Å². The molecule has 0 saturated heterocycles. The van der Waals surface area contributed by atoms with Crippen LogP contribution in [-0.4, -0.2) is 56.8 Å². The summed E-state index contributed by atoms with van der Waals surface area (Å²) in [6.07, 6.45) is 6.22. The molecule has 2 amide bonds. The Balaban J connectivity index is 1.59. The second kappa shape index (κ2) is 11.4. The number of rotatable bonds is 9. The molecule has 2 aliphatic rings. The van der Waals surface area contributed by atoms with Crippen LogP contribution in [-0.2, 0) is 26.2 Å². The van der Waals surface area contributed by atoms with Crippen LogP contribution in [0, 0.1) is 6.92 Å². The minimum absolute atomic E-state index is 0.0501. The van der Waals surface area contributed by atoms with Crippen molar-refractivity contribution in [1.29, 1.82) is 0 Å². The Morgan fingerprint density at radius 1 is 1.05 bits per heavy atom. The number of anilines is 1. The molecule has 9 nitrogen and oxygen atoms in total. The highest BCUT2D eigenvalue weighted by molar-refractivity contribution is 7.92. The van der Waals surface area contributed by atoms with Gasteiger partial charge in [-0.05, 0) is 44.4 Å². The number of nitrogens with zero attached hydrogens (tertiary/aromatic N) is 2. The van der Waals surface area contributed by atoms with Gasteiger partial charge < -0.3 is 19.7 Å². The second-order valence-corrected chi connectivity index (χ2v) is 11.7. The molecule has 1 saturated carbocycles. The lowest BCUT2D eigenvalue weighted by Gasteiger charge is -2.33. The van der Waals surface area contributed by atoms with E-state index in [2.05, 4.69) is 5.32 Å². The lowest BCUT2D eigenvalue weighted by atomic mass is 9.95. The number of hydrogen-bond donors (Lipinski definition) is 1. The molecule has 1 fully saturated rings. The van der Waals surface area contributed by atoms with E-state index < -0.39 is 28.5 Å². The van der Waals surface area contributed by atoms with Crippen molar-refractivity contribution in [3.8, 4) is 11.5 Å². The Bertz CT molecular complexity index is 1240. The maximum Gasteiger partial charge on any atom is 0.244 e. The molecule has 0 spiro atoms. The summed E-state index contributed by atoms with van der Waals surface area (Å²) in [6, 6.07) is 11.8. The average molecular weight is 530 g/mol. The molecule has 4 rings (SSSR count). The van der Waals surface area contributed by atoms with Gasteiger partial charge in [-0.25, -0.2) is 8.42 Å². The molecule has 1 aliphatic carbocycles. The summed E-state index contributed by atoms with van der Waals surface area (Å²) >= 11 is 0. The average Bonchev–Trinajstić information content (AvgIpc) is 3.33. The predicted octanol–water partition coefficient (Wildman–Crippen LogP) is 3.36. The summed E-state index contributed by atoms with van der Waals surface area (Å²) in [6.45, 7) is 3.43. The van der Waals surface area contributed by atoms with Gasteiger partial charge in [0.05, 0.1) is 11.9 Å². The topological polar surface area (TPSA) is 105 Å². The Kier molecular flexibility index (Phi) is 8.26. The first-order valence-electron chi connectivity index (χ1n) is 12.6. The molecule has 0 aromatic heterocycles. The molecule has 0 radical (unpaired) electrons. The van der Waals surface area contributed by atoms with Crippen molar-refractivity contribution in [2.24, 2.45) is 0 Å². The van der Waals surface area contributed by atoms with Crippen LogP contribution >= 0.6 is 0 Å². The lowest BCUT2D eigenvalue weighted by Crippen LogP contribution is -2.52. The maximum absolute atomic E-state index is 13.7. The Labute approximate surface area is 218 Å². The quantitative estimate of drug-likeness (QED) is 0.534. The molecule has 0 bridgehead atoms. The standard InChI is InChI=1S/C27H35N3O6S/c1-19-8-7-9-21(14-19)16-29(20(2)27(32)28-22-10-5-4-6-11-22)26(31)17-30(37(3,33)34)23-12-13-24-25(15-23)36-18-35-24/h7-9,12-15,20,22H,4-6,10-11,16-18H2,1-3H3,(H,28,32)/t20-/m0/s1. The van der Waals surface area contributed by atoms with E-state index in [1.54, 1.807) is 25.1 Å². The van der Waals surface area contributed by atoms with Gasteiger partial charge in [-0.2, -0.15) is 0 Å². The third kappa shape index (κ3) is 6.74. The largest absolute Gasteiger partial charge is 0.454 e. The zero-order valence-electron chi connectivity index (χ0n) is 21.6. The van der Waals surface area contributed by atoms with Gasteiger partial charge in [-0.15, -0.1) is 0 Å². The monoisotopic (exact) mass is 529 g/mol. The van der Waals surface area contributed by atoms with Crippen molar-refractivity contribution < 1.29 is 27.5 Å². The van der Waals surface area contributed by atoms with Crippen molar-refractivity contribution in [2.45, 2.75) is 64.6 Å². The van der Waals surface area contributed by atoms with Crippen LogP contribution < -0.4 is 19.1 Å². The first-order chi connectivity index (χ1) is 17.6. The number of benzene rings is 2. The smallest absolute Gasteiger partial charge is 0.244 e. The number of ether oxygens (including phenoxy) is 2. The first-order valence-corrected chi connectivity index (χ1v) is 14.5. The van der Waals surface area contributed by atoms with E-state index in [1.807, 2.05) is 31.2 Å². The SMILES string of the molecule is Cc1cccc(CN(C(=O)CN(c2ccc3c(c2)OCO3)S(C)(=O)=O)[C@@H](C)C(=O)NC2CCCCC2)c1. The number of carbonyl (C=O) groups is 2. The summed E-state index contributed by atoms with van der Waals surface area (Å²) in [5.74, 6) is 0.214. The van der Waals surface area contributed by atoms with Crippen LogP contribution in [0.3, 0.4) is 0 Å². The predicted molar refractivity (Wildman–Crippen MR) is 141 cm³/mol. The van der Waals surface area contributed by atoms with E-state index in [-0.39, 0.29) is 31.0 Å². The molecule has 10 heteroatoms. The van der Waals surface area contributed by atoms with Crippen LogP contribution in [0.2, 0.25) is 0 Å². The van der Waals surface area contributed by atoms with Crippen LogP contribution in [0.15, 0.2) is 42.5 Å². The van der Waals surface area contributed by atoms with Crippen molar-refractivity contribution in [2.75, 3.05) is 23.9 Å². The summed E-state index contributed by atoms with van der Waals surface area (Å²) < 4.78 is 37.3. The molecular formula is C27H35N3O6S. The molecule has 1 atom stereocenters. The zero-order chi connectivity index (χ0) is 26.6. The van der Waals surface area contributed by atoms with E-state index in [1.165, 1.54) is 11.3 Å². The van der Waals surface area contributed by atoms with Crippen molar-refractivity contribution in [3.63, 3.8) is 0 Å². The minimum Gasteiger partial charge on any atom is -0.454 e. The van der Waals surface area contributed by atoms with E-state index in [0.29, 0.717) is 11.5 Å². The third-order valence-corrected chi connectivity index (χ3v) is 8.02. The van der Waals surface area contributed by atoms with Gasteiger partial charge in [-0.1, -0.05) is 49.1 Å². The van der Waals surface area contributed by atoms with Gasteiger partial charge >= 0.3 is 0 Å². The van der Waals surface area contributed by atoms with Crippen molar-refractivity contribution in [1.82, 2.24) is 10.2 Å². The number of hydrogen-bond acceptors (Lipinski definition) is 6. The zero-order valence-corrected chi connectivity index (χ0v) is 22.4. The Morgan fingerprint density at radius 3 is 2.49 bits per heavy atom. The molecule has 2 aromatic carbocycles. The van der Waals surface area contributed by atoms with Gasteiger partial charge in [0.25, 0.3) is 0 Å². The van der Waals surface area contributed by atoms with E-state index in [4.69, 9.17) is 9.47 Å². The number of fused-ring (bicyclic) bond motifs is 1. The molecule has 2 aromatic rings. The fraction of sp³-hybridized carbons (Fsp3) is 0.481. The van der Waals surface area contributed by atoms with Crippen LogP contribution in [0.5, 0.6) is 11.5 Å². The van der Waals surface area contributed by atoms with Crippen LogP contribution in [0.1, 0.15) is 50.2 Å². The van der Waals surface area contributed by atoms with Gasteiger partial charge in [-0.3, -0.25) is 13.9 Å². The summed E-state index contributed by atoms with van der Waals surface area (Å²) in [5, 5.41) is 3.10. The third-order valence-electron chi connectivity index (χ3n) is 6.88. The Hall–Kier alpha value is -3.27. The molecule has 1 heterocycles. The van der Waals surface area contributed by atoms with Gasteiger partial charge in [0.1, 0.15) is 12.6 Å². The fourth-order valence-electron chi connectivity index (χ4n) is 4.81. The first kappa shape index (κ1) is 26.8. The highest BCUT2D eigenvalue weighted by Gasteiger charge is 2.31. The van der Waals surface area contributed by atoms with Crippen LogP contribution in [0.25, 0.3) is 0 Å². The van der Waals surface area contributed by atoms with Crippen LogP contribution in [0.4, 0.5) is 5.69 Å². The summed E-state index contributed by atoms with van der Waals surface area (Å²) in [5.41, 5.74) is 2.18. The number of carbonyl (C=O) groups excluding carboxylic acids is 2. The van der Waals surface area contributed by atoms with E-state index >= 15 is 0 Å². The molecule has 1 aliphatic heterocycles. The molecular weight excluding hydrogens is 494 g/mol. The van der Waals surface area contributed by atoms with Gasteiger partial charge in [0, 0.05) is 18.7 Å². The summed E-state index contributed by atoms with van der Waals surface area (Å²) in [7, 11) is -3.82.